The van der Waals surface area contributed by atoms with Crippen LogP contribution in [0.15, 0.2) is 59.8 Å². The smallest absolute Gasteiger partial charge is 0.325 e. The highest BCUT2D eigenvalue weighted by molar-refractivity contribution is 5.96. The van der Waals surface area contributed by atoms with Gasteiger partial charge in [0.1, 0.15) is 6.54 Å². The summed E-state index contributed by atoms with van der Waals surface area (Å²) in [5.74, 6) is -0.933. The minimum Gasteiger partial charge on any atom is -0.468 e. The molecule has 1 atom stereocenters. The van der Waals surface area contributed by atoms with E-state index in [4.69, 9.17) is 19.3 Å². The monoisotopic (exact) mass is 552 g/mol. The van der Waals surface area contributed by atoms with Crippen molar-refractivity contribution >= 4 is 34.0 Å². The number of aromatic nitrogens is 2. The zero-order valence-corrected chi connectivity index (χ0v) is 22.7. The number of hydrogen-bond acceptors (Lipinski definition) is 9. The average molecular weight is 553 g/mol. The lowest BCUT2D eigenvalue weighted by Crippen LogP contribution is -2.46. The van der Waals surface area contributed by atoms with Crippen molar-refractivity contribution < 1.29 is 28.9 Å². The van der Waals surface area contributed by atoms with Crippen LogP contribution in [0.25, 0.3) is 10.8 Å². The molecule has 0 aliphatic carbocycles. The van der Waals surface area contributed by atoms with Crippen LogP contribution in [0.5, 0.6) is 0 Å². The predicted molar refractivity (Wildman–Crippen MR) is 150 cm³/mol. The van der Waals surface area contributed by atoms with Crippen LogP contribution in [0.2, 0.25) is 0 Å². The second-order valence-corrected chi connectivity index (χ2v) is 9.53. The molecule has 1 aromatic carbocycles. The Morgan fingerprint density at radius 1 is 1.07 bits per heavy atom. The summed E-state index contributed by atoms with van der Waals surface area (Å²) in [7, 11) is 1.26. The van der Waals surface area contributed by atoms with E-state index in [1.54, 1.807) is 11.0 Å². The van der Waals surface area contributed by atoms with Gasteiger partial charge in [-0.05, 0) is 18.9 Å². The summed E-state index contributed by atoms with van der Waals surface area (Å²) in [6, 6.07) is 11.0. The Morgan fingerprint density at radius 3 is 2.67 bits per heavy atom. The van der Waals surface area contributed by atoms with Crippen molar-refractivity contribution in [3.05, 3.63) is 65.3 Å². The summed E-state index contributed by atoms with van der Waals surface area (Å²) in [5, 5.41) is 11.0. The maximum Gasteiger partial charge on any atom is 0.325 e. The highest BCUT2D eigenvalue weighted by Crippen LogP contribution is 2.30. The molecule has 0 saturated carbocycles. The lowest BCUT2D eigenvalue weighted by atomic mass is 9.95. The molecule has 3 aromatic rings. The third kappa shape index (κ3) is 7.44. The molecule has 0 spiro atoms. The number of methoxy groups -OCH3 is 1. The normalized spacial score (nSPS) is 15.2. The number of nitrogens with zero attached hydrogens (tertiary/aromatic N) is 4. The quantitative estimate of drug-likeness (QED) is 0.250. The van der Waals surface area contributed by atoms with Crippen LogP contribution < -0.4 is 15.4 Å². The van der Waals surface area contributed by atoms with E-state index in [1.807, 2.05) is 30.6 Å². The van der Waals surface area contributed by atoms with Crippen LogP contribution in [-0.4, -0.2) is 86.3 Å². The number of fused-ring (bicyclic) bond motifs is 1. The van der Waals surface area contributed by atoms with Gasteiger partial charge in [-0.3, -0.25) is 19.4 Å². The van der Waals surface area contributed by atoms with E-state index in [0.29, 0.717) is 25.4 Å². The number of hydrogen-bond donors (Lipinski definition) is 1. The van der Waals surface area contributed by atoms with E-state index >= 15 is 0 Å². The van der Waals surface area contributed by atoms with Gasteiger partial charge in [-0.15, -0.1) is 0 Å². The topological polar surface area (TPSA) is 123 Å². The van der Waals surface area contributed by atoms with E-state index in [2.05, 4.69) is 16.0 Å². The van der Waals surface area contributed by atoms with Crippen LogP contribution in [-0.2, 0) is 30.3 Å². The molecule has 0 bridgehead atoms. The first-order valence-electron chi connectivity index (χ1n) is 13.4. The number of carbonyl (C=O) groups excluding carboxylic acids is 2. The van der Waals surface area contributed by atoms with Gasteiger partial charge in [-0.2, -0.15) is 0 Å². The summed E-state index contributed by atoms with van der Waals surface area (Å²) < 4.78 is 16.9. The van der Waals surface area contributed by atoms with Gasteiger partial charge in [0.2, 0.25) is 5.91 Å². The van der Waals surface area contributed by atoms with Crippen molar-refractivity contribution in [3.63, 3.8) is 0 Å². The molecular formula is C29H36N4O7. The Labute approximate surface area is 232 Å². The number of piperidine rings is 1. The first kappa shape index (κ1) is 29.2. The largest absolute Gasteiger partial charge is 0.468 e. The Kier molecular flexibility index (Phi) is 10.6. The van der Waals surface area contributed by atoms with Gasteiger partial charge in [0.05, 0.1) is 63.6 Å². The van der Waals surface area contributed by atoms with Gasteiger partial charge in [-0.25, -0.2) is 0 Å². The third-order valence-electron chi connectivity index (χ3n) is 6.90. The van der Waals surface area contributed by atoms with Gasteiger partial charge in [0.25, 0.3) is 5.56 Å². The summed E-state index contributed by atoms with van der Waals surface area (Å²) in [5.41, 5.74) is 1.13. The van der Waals surface area contributed by atoms with E-state index in [0.717, 1.165) is 35.8 Å². The first-order valence-corrected chi connectivity index (χ1v) is 13.4. The van der Waals surface area contributed by atoms with Gasteiger partial charge >= 0.3 is 5.97 Å². The van der Waals surface area contributed by atoms with Crippen LogP contribution in [0, 0.1) is 5.92 Å². The highest BCUT2D eigenvalue weighted by atomic mass is 16.5. The van der Waals surface area contributed by atoms with Crippen molar-refractivity contribution in [2.75, 3.05) is 69.6 Å². The molecule has 4 rings (SSSR count). The summed E-state index contributed by atoms with van der Waals surface area (Å²) >= 11 is 0. The Bertz CT molecular complexity index is 1340. The molecule has 1 fully saturated rings. The third-order valence-corrected chi connectivity index (χ3v) is 6.90. The lowest BCUT2D eigenvalue weighted by molar-refractivity contribution is -0.141. The zero-order valence-electron chi connectivity index (χ0n) is 22.7. The predicted octanol–water partition coefficient (Wildman–Crippen LogP) is 1.84. The zero-order chi connectivity index (χ0) is 28.3. The van der Waals surface area contributed by atoms with E-state index in [-0.39, 0.29) is 50.3 Å². The number of aliphatic hydroxyl groups is 1. The van der Waals surface area contributed by atoms with Crippen LogP contribution >= 0.6 is 0 Å². The molecule has 3 heterocycles. The molecule has 1 amide bonds. The molecule has 11 heteroatoms. The molecular weight excluding hydrogens is 516 g/mol. The number of anilines is 2. The maximum absolute atomic E-state index is 14.0. The molecule has 2 aromatic heterocycles. The van der Waals surface area contributed by atoms with Crippen molar-refractivity contribution in [2.45, 2.75) is 19.4 Å². The molecule has 40 heavy (non-hydrogen) atoms. The van der Waals surface area contributed by atoms with Crippen LogP contribution in [0.4, 0.5) is 11.4 Å². The van der Waals surface area contributed by atoms with Crippen molar-refractivity contribution in [1.29, 1.82) is 0 Å². The maximum atomic E-state index is 14.0. The summed E-state index contributed by atoms with van der Waals surface area (Å²) in [6.07, 6.45) is 6.76. The summed E-state index contributed by atoms with van der Waals surface area (Å²) in [4.78, 5) is 46.5. The molecule has 1 aliphatic rings. The Balaban J connectivity index is 1.54. The number of esters is 1. The van der Waals surface area contributed by atoms with E-state index in [9.17, 15) is 14.4 Å². The first-order chi connectivity index (χ1) is 19.5. The molecule has 11 nitrogen and oxygen atoms in total. The molecule has 1 aliphatic heterocycles. The lowest BCUT2D eigenvalue weighted by Gasteiger charge is -2.36. The highest BCUT2D eigenvalue weighted by Gasteiger charge is 2.31. The van der Waals surface area contributed by atoms with Gasteiger partial charge in [-0.1, -0.05) is 24.3 Å². The standard InChI is InChI=1S/C29H36N4O7/c1-38-28(36)21-32-20-24(8-9-27(32)35)33(11-13-39-15-16-40-14-12-34)29(37)23-6-4-10-31(19-23)26-18-30-17-22-5-2-3-7-25(22)26/h2-3,5,7-9,17-18,20,23,34H,4,6,10-16,19,21H2,1H3. The van der Waals surface area contributed by atoms with Gasteiger partial charge in [0.15, 0.2) is 0 Å². The van der Waals surface area contributed by atoms with Crippen LogP contribution in [0.1, 0.15) is 12.8 Å². The second kappa shape index (κ2) is 14.5. The van der Waals surface area contributed by atoms with E-state index < -0.39 is 5.97 Å². The Morgan fingerprint density at radius 2 is 1.88 bits per heavy atom. The fraction of sp³-hybridized carbons (Fsp3) is 0.448. The van der Waals surface area contributed by atoms with Gasteiger partial charge in [0, 0.05) is 48.9 Å². The number of benzene rings is 1. The number of pyridine rings is 2. The number of ether oxygens (including phenoxy) is 3. The second-order valence-electron chi connectivity index (χ2n) is 9.53. The minimum absolute atomic E-state index is 0.0587. The SMILES string of the molecule is COC(=O)Cn1cc(N(CCOCCOCCO)C(=O)C2CCCN(c3cncc4ccccc34)C2)ccc1=O. The molecule has 1 unspecified atom stereocenters. The molecule has 0 radical (unpaired) electrons. The number of rotatable bonds is 13. The average Bonchev–Trinajstić information content (AvgIpc) is 2.99. The number of amides is 1. The fourth-order valence-corrected chi connectivity index (χ4v) is 4.88. The Hall–Kier alpha value is -3.80. The van der Waals surface area contributed by atoms with Crippen molar-refractivity contribution in [2.24, 2.45) is 5.92 Å². The minimum atomic E-state index is -0.560. The summed E-state index contributed by atoms with van der Waals surface area (Å²) in [6.45, 7) is 2.41. The van der Waals surface area contributed by atoms with Crippen molar-refractivity contribution in [3.8, 4) is 0 Å². The molecule has 1 saturated heterocycles. The van der Waals surface area contributed by atoms with Crippen molar-refractivity contribution in [1.82, 2.24) is 9.55 Å². The van der Waals surface area contributed by atoms with Crippen LogP contribution in [0.3, 0.4) is 0 Å². The fourth-order valence-electron chi connectivity index (χ4n) is 4.88. The molecule has 214 valence electrons. The molecule has 1 N–H and O–H groups in total. The number of aliphatic hydroxyl groups excluding tert-OH is 1. The van der Waals surface area contributed by atoms with Gasteiger partial charge < -0.3 is 33.7 Å². The number of carbonyl (C=O) groups is 2. The van der Waals surface area contributed by atoms with E-state index in [1.165, 1.54) is 23.9 Å².